The van der Waals surface area contributed by atoms with Crippen LogP contribution in [0.1, 0.15) is 57.4 Å². The maximum atomic E-state index is 15.9. The zero-order valence-electron chi connectivity index (χ0n) is 27.5. The first-order valence-corrected chi connectivity index (χ1v) is 16.1. The molecule has 1 unspecified atom stereocenters. The van der Waals surface area contributed by atoms with Crippen molar-refractivity contribution < 1.29 is 45.8 Å². The van der Waals surface area contributed by atoms with Crippen LogP contribution in [0.15, 0.2) is 65.6 Å². The number of carboxylic acids is 1. The van der Waals surface area contributed by atoms with E-state index in [1.54, 1.807) is 36.1 Å². The number of amides is 1. The number of hydrogen-bond donors (Lipinski definition) is 2. The summed E-state index contributed by atoms with van der Waals surface area (Å²) < 4.78 is 94.5. The lowest BCUT2D eigenvalue weighted by Gasteiger charge is -2.34. The molecule has 0 aliphatic carbocycles. The van der Waals surface area contributed by atoms with Crippen LogP contribution in [-0.2, 0) is 28.8 Å². The Morgan fingerprint density at radius 3 is 2.43 bits per heavy atom. The van der Waals surface area contributed by atoms with Crippen molar-refractivity contribution >= 4 is 11.9 Å². The fourth-order valence-corrected chi connectivity index (χ4v) is 6.69. The van der Waals surface area contributed by atoms with Crippen molar-refractivity contribution in [3.05, 3.63) is 122 Å². The zero-order valence-corrected chi connectivity index (χ0v) is 27.5. The molecule has 3 heterocycles. The summed E-state index contributed by atoms with van der Waals surface area (Å²) in [6.45, 7) is 3.17. The van der Waals surface area contributed by atoms with Crippen LogP contribution >= 0.6 is 0 Å². The smallest absolute Gasteiger partial charge is 0.416 e. The number of nitrogens with zero attached hydrogens (tertiary/aromatic N) is 2. The van der Waals surface area contributed by atoms with Crippen LogP contribution in [0.2, 0.25) is 0 Å². The summed E-state index contributed by atoms with van der Waals surface area (Å²) in [5.74, 6) is -4.05. The number of benzene rings is 3. The number of carbonyl (C=O) groups excluding carboxylic acids is 1. The van der Waals surface area contributed by atoms with Crippen LogP contribution in [0, 0.1) is 25.5 Å². The molecule has 2 atom stereocenters. The predicted molar refractivity (Wildman–Crippen MR) is 174 cm³/mol. The number of hydrogen-bond acceptors (Lipinski definition) is 5. The van der Waals surface area contributed by atoms with Gasteiger partial charge in [0, 0.05) is 48.6 Å². The Balaban J connectivity index is 1.56. The summed E-state index contributed by atoms with van der Waals surface area (Å²) in [6, 6.07) is 8.56. The van der Waals surface area contributed by atoms with Gasteiger partial charge < -0.3 is 15.2 Å². The Morgan fingerprint density at radius 2 is 1.75 bits per heavy atom. The Hall–Kier alpha value is -5.11. The van der Waals surface area contributed by atoms with Crippen LogP contribution < -0.4 is 15.6 Å². The molecule has 51 heavy (non-hydrogen) atoms. The number of aryl methyl sites for hydroxylation is 2. The van der Waals surface area contributed by atoms with Crippen molar-refractivity contribution in [3.8, 4) is 16.9 Å². The summed E-state index contributed by atoms with van der Waals surface area (Å²) in [7, 11) is 0. The molecule has 6 rings (SSSR count). The number of carbonyl (C=O) groups is 2. The van der Waals surface area contributed by atoms with Crippen LogP contribution in [0.3, 0.4) is 0 Å². The van der Waals surface area contributed by atoms with Crippen LogP contribution in [0.25, 0.3) is 11.1 Å². The Bertz CT molecular complexity index is 2080. The molecule has 1 saturated heterocycles. The van der Waals surface area contributed by atoms with Gasteiger partial charge >= 0.3 is 12.1 Å². The molecular formula is C37H33F6N3O5. The van der Waals surface area contributed by atoms with Crippen LogP contribution in [0.4, 0.5) is 26.3 Å². The van der Waals surface area contributed by atoms with Crippen molar-refractivity contribution in [2.45, 2.75) is 57.7 Å². The normalized spacial score (nSPS) is 18.2. The van der Waals surface area contributed by atoms with E-state index in [0.29, 0.717) is 33.1 Å². The second-order valence-electron chi connectivity index (χ2n) is 12.9. The summed E-state index contributed by atoms with van der Waals surface area (Å²) in [4.78, 5) is 41.5. The molecule has 0 spiro atoms. The highest BCUT2D eigenvalue weighted by Crippen LogP contribution is 2.38. The average Bonchev–Trinajstić information content (AvgIpc) is 3.03. The monoisotopic (exact) mass is 713 g/mol. The Labute approximate surface area is 288 Å². The van der Waals surface area contributed by atoms with Crippen molar-refractivity contribution in [1.82, 2.24) is 14.8 Å². The third-order valence-electron chi connectivity index (χ3n) is 9.23. The fourth-order valence-electron chi connectivity index (χ4n) is 6.69. The van der Waals surface area contributed by atoms with E-state index in [2.05, 4.69) is 5.32 Å². The molecule has 2 aliphatic rings. The van der Waals surface area contributed by atoms with Gasteiger partial charge in [0.25, 0.3) is 5.56 Å². The van der Waals surface area contributed by atoms with E-state index in [0.717, 1.165) is 17.8 Å². The van der Waals surface area contributed by atoms with Gasteiger partial charge in [-0.05, 0) is 78.4 Å². The number of fused-ring (bicyclic) bond motifs is 6. The molecule has 2 aliphatic heterocycles. The number of likely N-dealkylation sites (tertiary alicyclic amines) is 1. The number of carboxylic acid groups (broad SMARTS) is 1. The first-order valence-electron chi connectivity index (χ1n) is 16.1. The van der Waals surface area contributed by atoms with Gasteiger partial charge in [0.05, 0.1) is 18.0 Å². The third-order valence-corrected chi connectivity index (χ3v) is 9.23. The van der Waals surface area contributed by atoms with Gasteiger partial charge in [-0.15, -0.1) is 0 Å². The molecule has 0 saturated carbocycles. The molecular weight excluding hydrogens is 680 g/mol. The van der Waals surface area contributed by atoms with E-state index in [1.165, 1.54) is 25.1 Å². The highest BCUT2D eigenvalue weighted by atomic mass is 19.4. The molecule has 268 valence electrons. The second-order valence-corrected chi connectivity index (χ2v) is 12.9. The first kappa shape index (κ1) is 35.7. The third kappa shape index (κ3) is 7.36. The molecule has 3 aromatic carbocycles. The Kier molecular flexibility index (Phi) is 9.73. The summed E-state index contributed by atoms with van der Waals surface area (Å²) in [5, 5.41) is 12.3. The Morgan fingerprint density at radius 1 is 1.00 bits per heavy atom. The predicted octanol–water partition coefficient (Wildman–Crippen LogP) is 6.44. The lowest BCUT2D eigenvalue weighted by Crippen LogP contribution is -2.49. The number of rotatable bonds is 6. The summed E-state index contributed by atoms with van der Waals surface area (Å²) in [6.07, 6.45) is -6.38. The van der Waals surface area contributed by atoms with E-state index in [-0.39, 0.29) is 43.8 Å². The van der Waals surface area contributed by atoms with E-state index in [4.69, 9.17) is 4.74 Å². The SMILES string of the molecule is Cc1cc2cc(c1F)C(CC(=O)O)NC(=O)[C@H](n1cc(CCN3CC(F)C3)c(C(F)(F)F)cc1=O)c1cc(ccc1F)COc1cccc(C)c1-2. The standard InChI is InChI=1S/C37H33F6N3O5/c1-19-4-3-5-30-33(19)23-10-20(2)34(40)26(12-23)29(14-32(48)49)44-36(50)35(25-11-21(18-51-30)6-7-28(25)39)46-15-22(8-9-45-16-24(38)17-45)27(13-31(46)47)37(41,42)43/h3-7,10-13,15,24,29,35H,8-9,14,16-18H2,1-2H3,(H,44,50)(H,48,49)/t29?,35-/m1/s1. The number of aliphatic carboxylic acids is 1. The highest BCUT2D eigenvalue weighted by molar-refractivity contribution is 5.85. The summed E-state index contributed by atoms with van der Waals surface area (Å²) >= 11 is 0. The lowest BCUT2D eigenvalue weighted by molar-refractivity contribution is -0.139. The number of aromatic nitrogens is 1. The molecule has 1 amide bonds. The molecule has 1 fully saturated rings. The number of alkyl halides is 4. The van der Waals surface area contributed by atoms with Gasteiger partial charge in [0.15, 0.2) is 0 Å². The lowest BCUT2D eigenvalue weighted by atomic mass is 9.91. The van der Waals surface area contributed by atoms with E-state index < -0.39 is 76.6 Å². The van der Waals surface area contributed by atoms with Crippen molar-refractivity contribution in [2.24, 2.45) is 0 Å². The average molecular weight is 714 g/mol. The molecule has 1 aromatic heterocycles. The largest absolute Gasteiger partial charge is 0.488 e. The topological polar surface area (TPSA) is 101 Å². The number of nitrogens with one attached hydrogen (secondary N) is 1. The molecule has 14 heteroatoms. The number of halogens is 6. The molecule has 2 N–H and O–H groups in total. The maximum absolute atomic E-state index is 15.9. The molecule has 4 bridgehead atoms. The van der Waals surface area contributed by atoms with Crippen molar-refractivity contribution in [2.75, 3.05) is 19.6 Å². The van der Waals surface area contributed by atoms with Gasteiger partial charge in [-0.1, -0.05) is 18.2 Å². The van der Waals surface area contributed by atoms with Crippen molar-refractivity contribution in [3.63, 3.8) is 0 Å². The second kappa shape index (κ2) is 13.9. The first-order chi connectivity index (χ1) is 24.1. The maximum Gasteiger partial charge on any atom is 0.416 e. The van der Waals surface area contributed by atoms with Crippen LogP contribution in [-0.4, -0.2) is 52.3 Å². The molecule has 8 nitrogen and oxygen atoms in total. The van der Waals surface area contributed by atoms with Gasteiger partial charge in [-0.25, -0.2) is 13.2 Å². The van der Waals surface area contributed by atoms with Gasteiger partial charge in [-0.3, -0.25) is 23.9 Å². The number of pyridine rings is 1. The minimum Gasteiger partial charge on any atom is -0.488 e. The minimum absolute atomic E-state index is 0.0103. The van der Waals surface area contributed by atoms with Gasteiger partial charge in [-0.2, -0.15) is 13.2 Å². The molecule has 4 aromatic rings. The number of ether oxygens (including phenoxy) is 1. The van der Waals surface area contributed by atoms with E-state index >= 15 is 8.78 Å². The van der Waals surface area contributed by atoms with Crippen LogP contribution in [0.5, 0.6) is 5.75 Å². The fraction of sp³-hybridized carbons (Fsp3) is 0.324. The van der Waals surface area contributed by atoms with Gasteiger partial charge in [0.2, 0.25) is 5.91 Å². The van der Waals surface area contributed by atoms with E-state index in [9.17, 15) is 37.1 Å². The van der Waals surface area contributed by atoms with E-state index in [1.807, 2.05) is 0 Å². The summed E-state index contributed by atoms with van der Waals surface area (Å²) in [5.41, 5.74) is -1.39. The molecule has 0 radical (unpaired) electrons. The quantitative estimate of drug-likeness (QED) is 0.223. The minimum atomic E-state index is -4.97. The van der Waals surface area contributed by atoms with Crippen molar-refractivity contribution in [1.29, 1.82) is 0 Å². The van der Waals surface area contributed by atoms with Gasteiger partial charge in [0.1, 0.15) is 36.2 Å². The zero-order chi connectivity index (χ0) is 36.8. The highest BCUT2D eigenvalue weighted by Gasteiger charge is 2.37.